The molecule has 0 radical (unpaired) electrons. The molecule has 4 atom stereocenters. The van der Waals surface area contributed by atoms with Crippen molar-refractivity contribution in [1.29, 1.82) is 0 Å². The number of aliphatic hydroxyl groups excluding tert-OH is 2. The molecule has 8 N–H and O–H groups in total. The van der Waals surface area contributed by atoms with Crippen LogP contribution in [-0.4, -0.2) is 91.9 Å². The van der Waals surface area contributed by atoms with Gasteiger partial charge in [0.2, 0.25) is 11.7 Å². The van der Waals surface area contributed by atoms with E-state index >= 15 is 0 Å². The molecule has 1 fully saturated rings. The van der Waals surface area contributed by atoms with Gasteiger partial charge in [-0.2, -0.15) is 0 Å². The average molecular weight is 577 g/mol. The number of hydrogen-bond acceptors (Lipinski definition) is 10. The van der Waals surface area contributed by atoms with Crippen LogP contribution in [-0.2, 0) is 32.1 Å². The van der Waals surface area contributed by atoms with Crippen molar-refractivity contribution in [2.45, 2.75) is 50.4 Å². The number of amides is 2. The van der Waals surface area contributed by atoms with Gasteiger partial charge in [0.25, 0.3) is 5.91 Å². The van der Waals surface area contributed by atoms with Crippen molar-refractivity contribution < 1.29 is 39.6 Å². The molecular weight excluding hydrogens is 544 g/mol. The second kappa shape index (κ2) is 9.58. The van der Waals surface area contributed by atoms with Crippen LogP contribution >= 0.6 is 11.6 Å². The minimum Gasteiger partial charge on any atom is -0.508 e. The van der Waals surface area contributed by atoms with E-state index in [1.165, 1.54) is 25.1 Å². The van der Waals surface area contributed by atoms with Gasteiger partial charge in [-0.25, -0.2) is 0 Å². The van der Waals surface area contributed by atoms with Crippen molar-refractivity contribution in [1.82, 2.24) is 9.80 Å². The number of hydrogen-bond donors (Lipinski definition) is 6. The maximum atomic E-state index is 13.9. The summed E-state index contributed by atoms with van der Waals surface area (Å²) in [6.45, 7) is 3.39. The minimum atomic E-state index is -2.72. The zero-order chi connectivity index (χ0) is 30.2. The molecule has 0 aliphatic heterocycles. The molecule has 12 nitrogen and oxygen atoms in total. The van der Waals surface area contributed by atoms with E-state index in [9.17, 15) is 39.6 Å². The highest BCUT2D eigenvalue weighted by Crippen LogP contribution is 2.53. The van der Waals surface area contributed by atoms with Crippen LogP contribution in [0.3, 0.4) is 0 Å². The van der Waals surface area contributed by atoms with E-state index in [4.69, 9.17) is 23.1 Å². The van der Waals surface area contributed by atoms with Gasteiger partial charge in [0.15, 0.2) is 11.4 Å². The molecule has 2 amide bonds. The molecule has 0 spiro atoms. The van der Waals surface area contributed by atoms with Gasteiger partial charge in [-0.05, 0) is 70.9 Å². The second-order valence-electron chi connectivity index (χ2n) is 11.5. The van der Waals surface area contributed by atoms with E-state index in [-0.39, 0.29) is 35.5 Å². The van der Waals surface area contributed by atoms with E-state index in [0.717, 1.165) is 0 Å². The second-order valence-corrected chi connectivity index (χ2v) is 11.8. The van der Waals surface area contributed by atoms with Crippen LogP contribution in [0.4, 0.5) is 0 Å². The maximum absolute atomic E-state index is 13.9. The Morgan fingerprint density at radius 2 is 1.75 bits per heavy atom. The highest BCUT2D eigenvalue weighted by molar-refractivity contribution is 6.32. The summed E-state index contributed by atoms with van der Waals surface area (Å²) < 4.78 is 0. The number of nitrogens with zero attached hydrogens (tertiary/aromatic N) is 2. The normalized spacial score (nSPS) is 26.7. The fraction of sp³-hybridized carbons (Fsp3) is 0.481. The molecule has 0 saturated heterocycles. The lowest BCUT2D eigenvalue weighted by Gasteiger charge is -2.50. The van der Waals surface area contributed by atoms with Crippen LogP contribution in [0.25, 0.3) is 5.76 Å². The van der Waals surface area contributed by atoms with Gasteiger partial charge in [-0.1, -0.05) is 11.6 Å². The number of carbonyl (C=O) groups is 4. The lowest BCUT2D eigenvalue weighted by Crippen LogP contribution is -2.65. The number of phenols is 1. The van der Waals surface area contributed by atoms with Crippen LogP contribution in [0.2, 0.25) is 5.02 Å². The van der Waals surface area contributed by atoms with Crippen molar-refractivity contribution in [3.05, 3.63) is 44.7 Å². The molecule has 1 saturated carbocycles. The third-order valence-corrected chi connectivity index (χ3v) is 9.16. The number of aliphatic hydroxyl groups is 3. The van der Waals surface area contributed by atoms with Crippen LogP contribution in [0.15, 0.2) is 23.0 Å². The van der Waals surface area contributed by atoms with Gasteiger partial charge in [0.1, 0.15) is 22.8 Å². The molecule has 216 valence electrons. The zero-order valence-electron chi connectivity index (χ0n) is 22.8. The quantitative estimate of drug-likeness (QED) is 0.255. The van der Waals surface area contributed by atoms with Gasteiger partial charge in [-0.15, -0.1) is 0 Å². The maximum Gasteiger partial charge on any atom is 0.255 e. The lowest BCUT2D eigenvalue weighted by molar-refractivity contribution is -0.153. The first-order chi connectivity index (χ1) is 18.4. The monoisotopic (exact) mass is 576 g/mol. The number of benzene rings is 1. The highest BCUT2D eigenvalue weighted by atomic mass is 35.5. The number of rotatable bonds is 6. The predicted molar refractivity (Wildman–Crippen MR) is 144 cm³/mol. The number of ketones is 2. The van der Waals surface area contributed by atoms with Crippen LogP contribution in [0, 0.1) is 11.8 Å². The molecule has 1 aromatic carbocycles. The first-order valence-corrected chi connectivity index (χ1v) is 13.0. The van der Waals surface area contributed by atoms with Crippen LogP contribution in [0.5, 0.6) is 5.75 Å². The molecule has 1 aromatic rings. The Kier molecular flexibility index (Phi) is 7.07. The number of phenolic OH excluding ortho intramolecular Hbond substituents is 1. The zero-order valence-corrected chi connectivity index (χ0v) is 23.5. The summed E-state index contributed by atoms with van der Waals surface area (Å²) in [5.74, 6) is -7.93. The molecule has 0 bridgehead atoms. The molecule has 1 unspecified atom stereocenters. The predicted octanol–water partition coefficient (Wildman–Crippen LogP) is 0.313. The Labute approximate surface area is 235 Å². The Morgan fingerprint density at radius 1 is 1.15 bits per heavy atom. The molecule has 3 aliphatic carbocycles. The smallest absolute Gasteiger partial charge is 0.255 e. The average Bonchev–Trinajstić information content (AvgIpc) is 2.83. The molecular formula is C27H33ClN4O8. The lowest BCUT2D eigenvalue weighted by atomic mass is 9.57. The number of Topliss-reactive ketones (excluding diaryl/α,β-unsaturated/α-hetero) is 2. The summed E-state index contributed by atoms with van der Waals surface area (Å²) in [6, 6.07) is 0.123. The van der Waals surface area contributed by atoms with Gasteiger partial charge >= 0.3 is 0 Å². The first kappa shape index (κ1) is 29.5. The summed E-state index contributed by atoms with van der Waals surface area (Å²) in [5.41, 5.74) is 6.62. The number of fused-ring (bicyclic) bond motifs is 3. The van der Waals surface area contributed by atoms with Gasteiger partial charge in [-0.3, -0.25) is 29.0 Å². The Hall–Kier alpha value is -3.45. The van der Waals surface area contributed by atoms with Gasteiger partial charge < -0.3 is 31.9 Å². The summed E-state index contributed by atoms with van der Waals surface area (Å²) >= 11 is 6.77. The number of halogens is 1. The highest BCUT2D eigenvalue weighted by Gasteiger charge is 2.64. The molecule has 4 rings (SSSR count). The number of likely N-dealkylation sites (N-methyl/N-ethyl adjacent to an activating group) is 2. The third kappa shape index (κ3) is 4.00. The fourth-order valence-electron chi connectivity index (χ4n) is 6.10. The van der Waals surface area contributed by atoms with Crippen molar-refractivity contribution in [3.8, 4) is 5.75 Å². The molecule has 40 heavy (non-hydrogen) atoms. The summed E-state index contributed by atoms with van der Waals surface area (Å²) in [7, 11) is 4.72. The summed E-state index contributed by atoms with van der Waals surface area (Å²) in [6.07, 6.45) is -0.000607. The number of aromatic hydroxyl groups is 1. The van der Waals surface area contributed by atoms with E-state index < -0.39 is 75.2 Å². The fourth-order valence-corrected chi connectivity index (χ4v) is 6.39. The molecule has 3 aliphatic rings. The number of primary amides is 2. The van der Waals surface area contributed by atoms with Crippen molar-refractivity contribution >= 4 is 40.7 Å². The van der Waals surface area contributed by atoms with Crippen molar-refractivity contribution in [2.75, 3.05) is 21.1 Å². The van der Waals surface area contributed by atoms with Gasteiger partial charge in [0, 0.05) is 23.1 Å². The Morgan fingerprint density at radius 3 is 2.27 bits per heavy atom. The standard InChI is InChI=1S/C27H33ClN4O8/c1-26(2,25(30)39)32(5)9-11-8-14(33)16-12(18(11)28)6-10-7-13-19(31(3)4)21(35)17(24(29)38)23(37)27(13,40)22(36)15(10)20(16)34/h8,10,13,19,33-34,37,40H,6-7,9H2,1-5H3,(H2,29,38)(H2,30,39)/t10-,13-,19-,27?/m0/s1. The third-order valence-electron chi connectivity index (χ3n) is 8.69. The SMILES string of the molecule is CN(C)[C@@H]1C(=O)C(C(N)=O)=C(O)C2(O)C(=O)C3=C(O)c4c(O)cc(CN(C)C(C)(C)C(N)=O)c(Cl)c4C[C@H]3C[C@@H]12. The molecule has 0 heterocycles. The largest absolute Gasteiger partial charge is 0.508 e. The summed E-state index contributed by atoms with van der Waals surface area (Å²) in [4.78, 5) is 54.1. The van der Waals surface area contributed by atoms with E-state index in [0.29, 0.717) is 11.1 Å². The van der Waals surface area contributed by atoms with E-state index in [2.05, 4.69) is 0 Å². The summed E-state index contributed by atoms with van der Waals surface area (Å²) in [5, 5.41) is 45.0. The Bertz CT molecular complexity index is 1430. The van der Waals surface area contributed by atoms with E-state index in [1.807, 2.05) is 0 Å². The first-order valence-electron chi connectivity index (χ1n) is 12.6. The van der Waals surface area contributed by atoms with E-state index in [1.54, 1.807) is 25.8 Å². The Balaban J connectivity index is 1.88. The van der Waals surface area contributed by atoms with Crippen molar-refractivity contribution in [3.63, 3.8) is 0 Å². The molecule has 13 heteroatoms. The molecule has 0 aromatic heterocycles. The number of nitrogens with two attached hydrogens (primary N) is 2. The van der Waals surface area contributed by atoms with Crippen molar-refractivity contribution in [2.24, 2.45) is 23.3 Å². The van der Waals surface area contributed by atoms with Crippen LogP contribution < -0.4 is 11.5 Å². The van der Waals surface area contributed by atoms with Gasteiger partial charge in [0.05, 0.1) is 17.1 Å². The number of carbonyl (C=O) groups excluding carboxylic acids is 4. The minimum absolute atomic E-state index is 0.0533. The topological polar surface area (TPSA) is 208 Å². The van der Waals surface area contributed by atoms with Crippen LogP contribution in [0.1, 0.15) is 37.0 Å².